The van der Waals surface area contributed by atoms with Crippen molar-refractivity contribution in [3.05, 3.63) is 41.7 Å². The second-order valence-electron chi connectivity index (χ2n) is 5.20. The predicted molar refractivity (Wildman–Crippen MR) is 78.3 cm³/mol. The van der Waals surface area contributed by atoms with Gasteiger partial charge < -0.3 is 0 Å². The first kappa shape index (κ1) is 15.2. The van der Waals surface area contributed by atoms with E-state index in [9.17, 15) is 14.0 Å². The molecule has 0 spiro atoms. The van der Waals surface area contributed by atoms with Crippen molar-refractivity contribution in [1.29, 1.82) is 0 Å². The fourth-order valence-corrected chi connectivity index (χ4v) is 2.41. The van der Waals surface area contributed by atoms with E-state index in [1.807, 2.05) is 0 Å². The summed E-state index contributed by atoms with van der Waals surface area (Å²) in [5, 5.41) is 0. The van der Waals surface area contributed by atoms with Crippen LogP contribution >= 0.6 is 0 Å². The highest BCUT2D eigenvalue weighted by atomic mass is 19.1. The molecule has 2 amide bonds. The molecule has 0 aromatic heterocycles. The average Bonchev–Trinajstić information content (AvgIpc) is 2.51. The number of hydrogen-bond donors (Lipinski definition) is 2. The van der Waals surface area contributed by atoms with Crippen LogP contribution in [0.3, 0.4) is 0 Å². The smallest absolute Gasteiger partial charge is 0.262 e. The highest BCUT2D eigenvalue weighted by Gasteiger charge is 2.20. The van der Waals surface area contributed by atoms with E-state index in [4.69, 9.17) is 0 Å². The molecule has 112 valence electrons. The molecule has 1 fully saturated rings. The van der Waals surface area contributed by atoms with E-state index in [0.717, 1.165) is 25.7 Å². The summed E-state index contributed by atoms with van der Waals surface area (Å²) in [5.74, 6) is -0.944. The summed E-state index contributed by atoms with van der Waals surface area (Å²) in [6, 6.07) is 5.91. The Labute approximate surface area is 123 Å². The van der Waals surface area contributed by atoms with E-state index in [1.54, 1.807) is 12.1 Å². The van der Waals surface area contributed by atoms with Gasteiger partial charge in [-0.1, -0.05) is 31.4 Å². The molecule has 2 N–H and O–H groups in total. The lowest BCUT2D eigenvalue weighted by Crippen LogP contribution is -2.44. The number of carbonyl (C=O) groups excluding carboxylic acids is 2. The van der Waals surface area contributed by atoms with Crippen molar-refractivity contribution < 1.29 is 14.0 Å². The van der Waals surface area contributed by atoms with Crippen LogP contribution in [0.4, 0.5) is 4.39 Å². The van der Waals surface area contributed by atoms with Crippen molar-refractivity contribution in [2.75, 3.05) is 0 Å². The Morgan fingerprint density at radius 1 is 1.14 bits per heavy atom. The molecule has 0 unspecified atom stereocenters. The van der Waals surface area contributed by atoms with Crippen molar-refractivity contribution in [3.8, 4) is 0 Å². The number of benzene rings is 1. The Kier molecular flexibility index (Phi) is 5.49. The average molecular weight is 290 g/mol. The van der Waals surface area contributed by atoms with Gasteiger partial charge in [-0.25, -0.2) is 4.39 Å². The Morgan fingerprint density at radius 2 is 1.90 bits per heavy atom. The van der Waals surface area contributed by atoms with Crippen molar-refractivity contribution in [2.45, 2.75) is 32.1 Å². The first-order valence-corrected chi connectivity index (χ1v) is 7.18. The summed E-state index contributed by atoms with van der Waals surface area (Å²) in [5.41, 5.74) is 5.37. The first-order valence-electron chi connectivity index (χ1n) is 7.18. The maximum Gasteiger partial charge on any atom is 0.262 e. The zero-order valence-corrected chi connectivity index (χ0v) is 11.8. The first-order chi connectivity index (χ1) is 10.1. The van der Waals surface area contributed by atoms with E-state index >= 15 is 0 Å². The molecule has 21 heavy (non-hydrogen) atoms. The summed E-state index contributed by atoms with van der Waals surface area (Å²) in [7, 11) is 0. The van der Waals surface area contributed by atoms with E-state index in [0.29, 0.717) is 5.56 Å². The number of halogens is 1. The van der Waals surface area contributed by atoms with Crippen LogP contribution < -0.4 is 10.9 Å². The topological polar surface area (TPSA) is 58.2 Å². The van der Waals surface area contributed by atoms with E-state index in [1.165, 1.54) is 30.7 Å². The van der Waals surface area contributed by atoms with Crippen LogP contribution in [-0.2, 0) is 9.59 Å². The number of carbonyl (C=O) groups is 2. The number of rotatable bonds is 3. The maximum absolute atomic E-state index is 13.0. The number of hydrazine groups is 1. The van der Waals surface area contributed by atoms with E-state index in [-0.39, 0.29) is 17.6 Å². The molecule has 2 rings (SSSR count). The molecule has 1 saturated carbocycles. The third-order valence-electron chi connectivity index (χ3n) is 3.56. The summed E-state index contributed by atoms with van der Waals surface area (Å²) >= 11 is 0. The highest BCUT2D eigenvalue weighted by Crippen LogP contribution is 2.23. The van der Waals surface area contributed by atoms with Crippen molar-refractivity contribution in [1.82, 2.24) is 10.9 Å². The van der Waals surface area contributed by atoms with Gasteiger partial charge in [-0.2, -0.15) is 0 Å². The number of amides is 2. The van der Waals surface area contributed by atoms with Gasteiger partial charge in [-0.05, 0) is 36.6 Å². The minimum Gasteiger partial charge on any atom is -0.273 e. The van der Waals surface area contributed by atoms with Gasteiger partial charge in [0.25, 0.3) is 5.91 Å². The van der Waals surface area contributed by atoms with Gasteiger partial charge in [0.2, 0.25) is 5.91 Å². The predicted octanol–water partition coefficient (Wildman–Crippen LogP) is 2.57. The fraction of sp³-hybridized carbons (Fsp3) is 0.375. The largest absolute Gasteiger partial charge is 0.273 e. The van der Waals surface area contributed by atoms with Gasteiger partial charge in [0.1, 0.15) is 5.82 Å². The quantitative estimate of drug-likeness (QED) is 0.664. The minimum absolute atomic E-state index is 0.00810. The normalized spacial score (nSPS) is 15.9. The van der Waals surface area contributed by atoms with Crippen LogP contribution in [-0.4, -0.2) is 11.8 Å². The second-order valence-corrected chi connectivity index (χ2v) is 5.20. The zero-order valence-electron chi connectivity index (χ0n) is 11.8. The molecule has 1 aromatic rings. The van der Waals surface area contributed by atoms with Crippen LogP contribution in [0.1, 0.15) is 37.7 Å². The molecule has 1 aliphatic carbocycles. The third kappa shape index (κ3) is 5.02. The molecule has 5 heteroatoms. The molecule has 4 nitrogen and oxygen atoms in total. The van der Waals surface area contributed by atoms with E-state index < -0.39 is 5.91 Å². The third-order valence-corrected chi connectivity index (χ3v) is 3.56. The number of hydrogen-bond acceptors (Lipinski definition) is 2. The Bertz CT molecular complexity index is 537. The Balaban J connectivity index is 1.77. The summed E-state index contributed by atoms with van der Waals surface area (Å²) < 4.78 is 13.0. The molecule has 0 bridgehead atoms. The van der Waals surface area contributed by atoms with Crippen LogP contribution in [0.25, 0.3) is 6.08 Å². The van der Waals surface area contributed by atoms with E-state index in [2.05, 4.69) is 10.9 Å². The SMILES string of the molecule is O=C(/C=C/c1cccc(F)c1)NNC(=O)C1CCCCC1. The molecule has 0 atom stereocenters. The monoisotopic (exact) mass is 290 g/mol. The van der Waals surface area contributed by atoms with Crippen LogP contribution in [0.2, 0.25) is 0 Å². The zero-order chi connectivity index (χ0) is 15.1. The van der Waals surface area contributed by atoms with Gasteiger partial charge in [0, 0.05) is 12.0 Å². The van der Waals surface area contributed by atoms with Gasteiger partial charge in [-0.3, -0.25) is 20.4 Å². The number of nitrogens with one attached hydrogen (secondary N) is 2. The summed E-state index contributed by atoms with van der Waals surface area (Å²) in [6.45, 7) is 0. The van der Waals surface area contributed by atoms with Crippen LogP contribution in [0.15, 0.2) is 30.3 Å². The summed E-state index contributed by atoms with van der Waals surface area (Å²) in [6.07, 6.45) is 7.80. The van der Waals surface area contributed by atoms with Gasteiger partial charge in [0.05, 0.1) is 0 Å². The lowest BCUT2D eigenvalue weighted by atomic mass is 9.89. The molecule has 1 aromatic carbocycles. The van der Waals surface area contributed by atoms with Gasteiger partial charge in [-0.15, -0.1) is 0 Å². The van der Waals surface area contributed by atoms with Crippen molar-refractivity contribution in [3.63, 3.8) is 0 Å². The van der Waals surface area contributed by atoms with Crippen molar-refractivity contribution in [2.24, 2.45) is 5.92 Å². The standard InChI is InChI=1S/C16H19FN2O2/c17-14-8-4-5-12(11-14)9-10-15(20)18-19-16(21)13-6-2-1-3-7-13/h4-5,8-11,13H,1-3,6-7H2,(H,18,20)(H,19,21)/b10-9+. The molecular weight excluding hydrogens is 271 g/mol. The fourth-order valence-electron chi connectivity index (χ4n) is 2.41. The lowest BCUT2D eigenvalue weighted by Gasteiger charge is -2.20. The molecule has 1 aliphatic rings. The Morgan fingerprint density at radius 3 is 2.62 bits per heavy atom. The van der Waals surface area contributed by atoms with Gasteiger partial charge in [0.15, 0.2) is 0 Å². The lowest BCUT2D eigenvalue weighted by molar-refractivity contribution is -0.130. The van der Waals surface area contributed by atoms with Crippen LogP contribution in [0, 0.1) is 11.7 Å². The van der Waals surface area contributed by atoms with Crippen molar-refractivity contribution >= 4 is 17.9 Å². The highest BCUT2D eigenvalue weighted by molar-refractivity contribution is 5.93. The van der Waals surface area contributed by atoms with Gasteiger partial charge >= 0.3 is 0 Å². The van der Waals surface area contributed by atoms with Crippen LogP contribution in [0.5, 0.6) is 0 Å². The molecule has 0 heterocycles. The Hall–Kier alpha value is -2.17. The summed E-state index contributed by atoms with van der Waals surface area (Å²) in [4.78, 5) is 23.4. The second kappa shape index (κ2) is 7.57. The maximum atomic E-state index is 13.0. The molecule has 0 radical (unpaired) electrons. The molecular formula is C16H19FN2O2. The molecule has 0 aliphatic heterocycles. The molecule has 0 saturated heterocycles. The minimum atomic E-state index is -0.441.